The van der Waals surface area contributed by atoms with Gasteiger partial charge in [0.05, 0.1) is 0 Å². The van der Waals surface area contributed by atoms with Gasteiger partial charge in [0.25, 0.3) is 0 Å². The molecule has 0 spiro atoms. The van der Waals surface area contributed by atoms with Gasteiger partial charge in [0.2, 0.25) is 5.91 Å². The summed E-state index contributed by atoms with van der Waals surface area (Å²) < 4.78 is 12.9. The first-order valence-corrected chi connectivity index (χ1v) is 9.43. The van der Waals surface area contributed by atoms with Crippen molar-refractivity contribution in [3.63, 3.8) is 0 Å². The highest BCUT2D eigenvalue weighted by Gasteiger charge is 2.25. The van der Waals surface area contributed by atoms with Gasteiger partial charge >= 0.3 is 0 Å². The molecule has 1 fully saturated rings. The Morgan fingerprint density at radius 2 is 1.73 bits per heavy atom. The minimum Gasteiger partial charge on any atom is -0.340 e. The quantitative estimate of drug-likeness (QED) is 0.778. The highest BCUT2D eigenvalue weighted by atomic mass is 35.5. The van der Waals surface area contributed by atoms with Crippen LogP contribution in [0.25, 0.3) is 0 Å². The lowest BCUT2D eigenvalue weighted by Gasteiger charge is -2.38. The maximum Gasteiger partial charge on any atom is 0.222 e. The first-order chi connectivity index (χ1) is 12.5. The average molecular weight is 375 g/mol. The Morgan fingerprint density at radius 3 is 2.38 bits per heavy atom. The van der Waals surface area contributed by atoms with Crippen molar-refractivity contribution in [3.8, 4) is 0 Å². The zero-order chi connectivity index (χ0) is 18.5. The minimum atomic E-state index is -0.246. The molecule has 1 unspecified atom stereocenters. The topological polar surface area (TPSA) is 23.6 Å². The lowest BCUT2D eigenvalue weighted by atomic mass is 10.1. The number of rotatable bonds is 5. The van der Waals surface area contributed by atoms with Gasteiger partial charge in [0.1, 0.15) is 5.82 Å². The molecule has 5 heteroatoms. The lowest BCUT2D eigenvalue weighted by Crippen LogP contribution is -2.49. The third-order valence-electron chi connectivity index (χ3n) is 5.11. The fourth-order valence-electron chi connectivity index (χ4n) is 3.43. The summed E-state index contributed by atoms with van der Waals surface area (Å²) in [6.07, 6.45) is 1.11. The van der Waals surface area contributed by atoms with Crippen molar-refractivity contribution in [3.05, 3.63) is 70.5 Å². The number of piperazine rings is 1. The van der Waals surface area contributed by atoms with Crippen LogP contribution in [0.2, 0.25) is 5.02 Å². The van der Waals surface area contributed by atoms with Crippen LogP contribution in [0.15, 0.2) is 48.5 Å². The van der Waals surface area contributed by atoms with Crippen molar-refractivity contribution in [2.75, 3.05) is 26.2 Å². The second-order valence-electron chi connectivity index (χ2n) is 6.74. The summed E-state index contributed by atoms with van der Waals surface area (Å²) in [5.41, 5.74) is 2.12. The maximum absolute atomic E-state index is 12.9. The highest BCUT2D eigenvalue weighted by molar-refractivity contribution is 6.31. The standard InChI is InChI=1S/C21H24ClFN2O/c1-16(19-4-2-3-5-20(19)22)24-12-14-25(15-13-24)21(26)11-8-17-6-9-18(23)10-7-17/h2-7,9-10,16H,8,11-15H2,1H3. The highest BCUT2D eigenvalue weighted by Crippen LogP contribution is 2.27. The van der Waals surface area contributed by atoms with E-state index in [1.807, 2.05) is 23.1 Å². The molecule has 1 saturated heterocycles. The van der Waals surface area contributed by atoms with Crippen molar-refractivity contribution in [2.24, 2.45) is 0 Å². The Labute approximate surface area is 159 Å². The summed E-state index contributed by atoms with van der Waals surface area (Å²) in [6, 6.07) is 14.5. The molecule has 1 atom stereocenters. The molecule has 2 aromatic rings. The van der Waals surface area contributed by atoms with Crippen LogP contribution in [0.4, 0.5) is 4.39 Å². The molecule has 0 N–H and O–H groups in total. The molecule has 3 rings (SSSR count). The Bertz CT molecular complexity index is 742. The van der Waals surface area contributed by atoms with Crippen molar-refractivity contribution in [1.82, 2.24) is 9.80 Å². The summed E-state index contributed by atoms with van der Waals surface area (Å²) in [5, 5.41) is 0.790. The Kier molecular flexibility index (Phi) is 6.28. The molecule has 1 aliphatic heterocycles. The van der Waals surface area contributed by atoms with E-state index in [2.05, 4.69) is 17.9 Å². The van der Waals surface area contributed by atoms with Gasteiger partial charge < -0.3 is 4.90 Å². The number of benzene rings is 2. The third kappa shape index (κ3) is 4.63. The fourth-order valence-corrected chi connectivity index (χ4v) is 3.72. The van der Waals surface area contributed by atoms with Crippen LogP contribution in [0, 0.1) is 5.82 Å². The fraction of sp³-hybridized carbons (Fsp3) is 0.381. The summed E-state index contributed by atoms with van der Waals surface area (Å²) in [4.78, 5) is 16.7. The van der Waals surface area contributed by atoms with Gasteiger partial charge in [-0.1, -0.05) is 41.9 Å². The van der Waals surface area contributed by atoms with E-state index in [1.54, 1.807) is 12.1 Å². The molecule has 1 amide bonds. The van der Waals surface area contributed by atoms with Crippen molar-refractivity contribution < 1.29 is 9.18 Å². The maximum atomic E-state index is 12.9. The first-order valence-electron chi connectivity index (χ1n) is 9.05. The van der Waals surface area contributed by atoms with Gasteiger partial charge in [0.15, 0.2) is 0 Å². The molecule has 0 saturated carbocycles. The van der Waals surface area contributed by atoms with Crippen LogP contribution < -0.4 is 0 Å². The van der Waals surface area contributed by atoms with E-state index in [-0.39, 0.29) is 17.8 Å². The molecular weight excluding hydrogens is 351 g/mol. The van der Waals surface area contributed by atoms with E-state index in [9.17, 15) is 9.18 Å². The normalized spacial score (nSPS) is 16.5. The van der Waals surface area contributed by atoms with Gasteiger partial charge in [-0.25, -0.2) is 4.39 Å². The predicted molar refractivity (Wildman–Crippen MR) is 103 cm³/mol. The van der Waals surface area contributed by atoms with Gasteiger partial charge in [-0.05, 0) is 42.7 Å². The smallest absolute Gasteiger partial charge is 0.222 e. The van der Waals surface area contributed by atoms with Crippen molar-refractivity contribution >= 4 is 17.5 Å². The molecular formula is C21H24ClFN2O. The van der Waals surface area contributed by atoms with Gasteiger partial charge in [0, 0.05) is 43.7 Å². The Balaban J connectivity index is 1.49. The number of hydrogen-bond acceptors (Lipinski definition) is 2. The van der Waals surface area contributed by atoms with E-state index in [1.165, 1.54) is 12.1 Å². The molecule has 1 aliphatic rings. The predicted octanol–water partition coefficient (Wildman–Crippen LogP) is 4.32. The Hall–Kier alpha value is -1.91. The van der Waals surface area contributed by atoms with Crippen molar-refractivity contribution in [1.29, 1.82) is 0 Å². The number of nitrogens with zero attached hydrogens (tertiary/aromatic N) is 2. The number of aryl methyl sites for hydroxylation is 1. The van der Waals surface area contributed by atoms with Gasteiger partial charge in [-0.3, -0.25) is 9.69 Å². The number of hydrogen-bond donors (Lipinski definition) is 0. The number of carbonyl (C=O) groups excluding carboxylic acids is 1. The molecule has 0 bridgehead atoms. The summed E-state index contributed by atoms with van der Waals surface area (Å²) in [5.74, 6) is -0.0804. The second kappa shape index (κ2) is 8.65. The molecule has 0 radical (unpaired) electrons. The monoisotopic (exact) mass is 374 g/mol. The van der Waals surface area contributed by atoms with E-state index in [4.69, 9.17) is 11.6 Å². The van der Waals surface area contributed by atoms with Crippen LogP contribution in [-0.2, 0) is 11.2 Å². The number of halogens is 2. The van der Waals surface area contributed by atoms with Gasteiger partial charge in [-0.15, -0.1) is 0 Å². The second-order valence-corrected chi connectivity index (χ2v) is 7.15. The zero-order valence-corrected chi connectivity index (χ0v) is 15.8. The van der Waals surface area contributed by atoms with Crippen LogP contribution in [0.1, 0.15) is 30.5 Å². The van der Waals surface area contributed by atoms with Crippen LogP contribution in [0.5, 0.6) is 0 Å². The molecule has 138 valence electrons. The number of carbonyl (C=O) groups is 1. The Morgan fingerprint density at radius 1 is 1.08 bits per heavy atom. The molecule has 3 nitrogen and oxygen atoms in total. The summed E-state index contributed by atoms with van der Waals surface area (Å²) in [7, 11) is 0. The summed E-state index contributed by atoms with van der Waals surface area (Å²) in [6.45, 7) is 5.31. The first kappa shape index (κ1) is 18.9. The van der Waals surface area contributed by atoms with Crippen LogP contribution >= 0.6 is 11.6 Å². The van der Waals surface area contributed by atoms with E-state index in [0.717, 1.165) is 42.3 Å². The summed E-state index contributed by atoms with van der Waals surface area (Å²) >= 11 is 6.31. The minimum absolute atomic E-state index is 0.166. The largest absolute Gasteiger partial charge is 0.340 e. The van der Waals surface area contributed by atoms with E-state index >= 15 is 0 Å². The molecule has 2 aromatic carbocycles. The van der Waals surface area contributed by atoms with Crippen LogP contribution in [-0.4, -0.2) is 41.9 Å². The van der Waals surface area contributed by atoms with E-state index in [0.29, 0.717) is 12.8 Å². The van der Waals surface area contributed by atoms with Crippen LogP contribution in [0.3, 0.4) is 0 Å². The van der Waals surface area contributed by atoms with E-state index < -0.39 is 0 Å². The average Bonchev–Trinajstić information content (AvgIpc) is 2.67. The zero-order valence-electron chi connectivity index (χ0n) is 15.0. The molecule has 0 aromatic heterocycles. The molecule has 26 heavy (non-hydrogen) atoms. The van der Waals surface area contributed by atoms with Gasteiger partial charge in [-0.2, -0.15) is 0 Å². The lowest BCUT2D eigenvalue weighted by molar-refractivity contribution is -0.133. The SMILES string of the molecule is CC(c1ccccc1Cl)N1CCN(C(=O)CCc2ccc(F)cc2)CC1. The van der Waals surface area contributed by atoms with Crippen molar-refractivity contribution in [2.45, 2.75) is 25.8 Å². The molecule has 1 heterocycles. The number of amides is 1. The third-order valence-corrected chi connectivity index (χ3v) is 5.46. The molecule has 0 aliphatic carbocycles.